The smallest absolute Gasteiger partial charge is 0.123 e. The number of benzene rings is 1. The zero-order valence-corrected chi connectivity index (χ0v) is 9.56. The largest absolute Gasteiger partial charge is 0.382 e. The van der Waals surface area contributed by atoms with Gasteiger partial charge in [-0.25, -0.2) is 0 Å². The van der Waals surface area contributed by atoms with Crippen LogP contribution in [0.1, 0.15) is 17.4 Å². The Morgan fingerprint density at radius 1 is 0.944 bits per heavy atom. The molecule has 4 nitrogen and oxygen atoms in total. The number of rotatable bonds is 2. The Morgan fingerprint density at radius 3 is 2.67 bits per heavy atom. The molecule has 4 heteroatoms. The number of hydrogen-bond acceptors (Lipinski definition) is 4. The Kier molecular flexibility index (Phi) is 2.70. The van der Waals surface area contributed by atoms with Gasteiger partial charge in [-0.15, -0.1) is 0 Å². The van der Waals surface area contributed by atoms with E-state index < -0.39 is 6.10 Å². The van der Waals surface area contributed by atoms with Gasteiger partial charge in [-0.1, -0.05) is 18.2 Å². The van der Waals surface area contributed by atoms with Gasteiger partial charge in [0.05, 0.1) is 17.4 Å². The van der Waals surface area contributed by atoms with E-state index in [4.69, 9.17) is 0 Å². The second-order valence-electron chi connectivity index (χ2n) is 3.95. The van der Waals surface area contributed by atoms with Gasteiger partial charge in [0.2, 0.25) is 0 Å². The third-order valence-corrected chi connectivity index (χ3v) is 2.84. The van der Waals surface area contributed by atoms with Crippen molar-refractivity contribution >= 4 is 10.9 Å². The summed E-state index contributed by atoms with van der Waals surface area (Å²) in [4.78, 5) is 12.4. The molecule has 0 radical (unpaired) electrons. The number of hydrogen-bond donors (Lipinski definition) is 1. The van der Waals surface area contributed by atoms with Crippen molar-refractivity contribution < 1.29 is 5.11 Å². The van der Waals surface area contributed by atoms with E-state index in [1.54, 1.807) is 24.8 Å². The summed E-state index contributed by atoms with van der Waals surface area (Å²) in [7, 11) is 0. The Morgan fingerprint density at radius 2 is 1.83 bits per heavy atom. The average molecular weight is 237 g/mol. The summed E-state index contributed by atoms with van der Waals surface area (Å²) in [5.41, 5.74) is 2.19. The van der Waals surface area contributed by atoms with E-state index in [1.807, 2.05) is 30.3 Å². The molecule has 1 N–H and O–H groups in total. The maximum Gasteiger partial charge on any atom is 0.123 e. The van der Waals surface area contributed by atoms with E-state index in [9.17, 15) is 5.11 Å². The lowest BCUT2D eigenvalue weighted by molar-refractivity contribution is 0.216. The third-order valence-electron chi connectivity index (χ3n) is 2.84. The molecule has 1 atom stereocenters. The first-order chi connectivity index (χ1) is 8.86. The topological polar surface area (TPSA) is 58.9 Å². The van der Waals surface area contributed by atoms with Gasteiger partial charge < -0.3 is 5.11 Å². The molecule has 2 heterocycles. The molecule has 18 heavy (non-hydrogen) atoms. The number of aliphatic hydroxyl groups excluding tert-OH is 1. The molecule has 0 saturated carbocycles. The molecule has 0 aliphatic heterocycles. The van der Waals surface area contributed by atoms with Crippen molar-refractivity contribution in [1.82, 2.24) is 15.0 Å². The van der Waals surface area contributed by atoms with Crippen LogP contribution >= 0.6 is 0 Å². The first kappa shape index (κ1) is 10.8. The lowest BCUT2D eigenvalue weighted by Gasteiger charge is -2.12. The van der Waals surface area contributed by atoms with E-state index in [2.05, 4.69) is 15.0 Å². The summed E-state index contributed by atoms with van der Waals surface area (Å²) in [5.74, 6) is 0. The van der Waals surface area contributed by atoms with E-state index in [0.717, 1.165) is 16.5 Å². The molecule has 3 aromatic rings. The van der Waals surface area contributed by atoms with Crippen LogP contribution in [0.15, 0.2) is 55.1 Å². The number of aromatic nitrogens is 3. The van der Waals surface area contributed by atoms with Crippen molar-refractivity contribution in [3.05, 3.63) is 66.4 Å². The molecule has 0 amide bonds. The van der Waals surface area contributed by atoms with Crippen molar-refractivity contribution in [1.29, 1.82) is 0 Å². The molecular weight excluding hydrogens is 226 g/mol. The molecule has 2 aromatic heterocycles. The van der Waals surface area contributed by atoms with Crippen LogP contribution in [0.2, 0.25) is 0 Å². The summed E-state index contributed by atoms with van der Waals surface area (Å²) in [5, 5.41) is 11.3. The first-order valence-corrected chi connectivity index (χ1v) is 5.64. The number of fused-ring (bicyclic) bond motifs is 1. The van der Waals surface area contributed by atoms with Crippen LogP contribution in [0, 0.1) is 0 Å². The Bertz CT molecular complexity index is 665. The quantitative estimate of drug-likeness (QED) is 0.741. The van der Waals surface area contributed by atoms with Gasteiger partial charge in [0.1, 0.15) is 6.10 Å². The monoisotopic (exact) mass is 237 g/mol. The fourth-order valence-electron chi connectivity index (χ4n) is 1.97. The van der Waals surface area contributed by atoms with Gasteiger partial charge in [-0.05, 0) is 17.7 Å². The molecule has 3 rings (SSSR count). The van der Waals surface area contributed by atoms with E-state index in [-0.39, 0.29) is 0 Å². The summed E-state index contributed by atoms with van der Waals surface area (Å²) in [6.07, 6.45) is 5.63. The van der Waals surface area contributed by atoms with Crippen LogP contribution in [0.25, 0.3) is 10.9 Å². The summed E-state index contributed by atoms with van der Waals surface area (Å²) >= 11 is 0. The molecule has 0 fully saturated rings. The standard InChI is InChI=1S/C14H11N3O/c18-14(13-9-15-7-8-17-13)11-5-6-16-12-4-2-1-3-10(11)12/h1-9,14,18H. The van der Waals surface area contributed by atoms with Crippen molar-refractivity contribution in [2.75, 3.05) is 0 Å². The maximum absolute atomic E-state index is 10.4. The van der Waals surface area contributed by atoms with Crippen molar-refractivity contribution in [3.63, 3.8) is 0 Å². The van der Waals surface area contributed by atoms with Crippen LogP contribution in [0.4, 0.5) is 0 Å². The number of nitrogens with zero attached hydrogens (tertiary/aromatic N) is 3. The molecule has 0 aliphatic carbocycles. The van der Waals surface area contributed by atoms with Gasteiger partial charge >= 0.3 is 0 Å². The van der Waals surface area contributed by atoms with Gasteiger partial charge in [-0.2, -0.15) is 0 Å². The van der Waals surface area contributed by atoms with Gasteiger partial charge in [0, 0.05) is 24.0 Å². The molecule has 0 aliphatic rings. The van der Waals surface area contributed by atoms with Gasteiger partial charge in [-0.3, -0.25) is 15.0 Å². The van der Waals surface area contributed by atoms with E-state index in [0.29, 0.717) is 5.69 Å². The minimum absolute atomic E-state index is 0.536. The Balaban J connectivity index is 2.15. The fraction of sp³-hybridized carbons (Fsp3) is 0.0714. The normalized spacial score (nSPS) is 12.5. The van der Waals surface area contributed by atoms with E-state index in [1.165, 1.54) is 0 Å². The number of aliphatic hydroxyl groups is 1. The predicted molar refractivity (Wildman–Crippen MR) is 67.8 cm³/mol. The van der Waals surface area contributed by atoms with Crippen LogP contribution in [-0.4, -0.2) is 20.1 Å². The summed E-state index contributed by atoms with van der Waals surface area (Å²) in [6, 6.07) is 9.52. The van der Waals surface area contributed by atoms with Crippen LogP contribution in [-0.2, 0) is 0 Å². The van der Waals surface area contributed by atoms with Crippen LogP contribution < -0.4 is 0 Å². The third kappa shape index (κ3) is 1.83. The highest BCUT2D eigenvalue weighted by Gasteiger charge is 2.14. The highest BCUT2D eigenvalue weighted by molar-refractivity contribution is 5.82. The number of para-hydroxylation sites is 1. The van der Waals surface area contributed by atoms with E-state index >= 15 is 0 Å². The number of pyridine rings is 1. The molecule has 88 valence electrons. The van der Waals surface area contributed by atoms with Crippen LogP contribution in [0.5, 0.6) is 0 Å². The lowest BCUT2D eigenvalue weighted by atomic mass is 10.0. The zero-order valence-electron chi connectivity index (χ0n) is 9.56. The fourth-order valence-corrected chi connectivity index (χ4v) is 1.97. The maximum atomic E-state index is 10.4. The van der Waals surface area contributed by atoms with Gasteiger partial charge in [0.15, 0.2) is 0 Å². The molecule has 0 spiro atoms. The Hall–Kier alpha value is -2.33. The minimum Gasteiger partial charge on any atom is -0.382 e. The second kappa shape index (κ2) is 4.50. The van der Waals surface area contributed by atoms with Crippen molar-refractivity contribution in [2.45, 2.75) is 6.10 Å². The molecule has 1 unspecified atom stereocenters. The highest BCUT2D eigenvalue weighted by Crippen LogP contribution is 2.26. The van der Waals surface area contributed by atoms with Crippen molar-refractivity contribution in [3.8, 4) is 0 Å². The lowest BCUT2D eigenvalue weighted by Crippen LogP contribution is -2.03. The van der Waals surface area contributed by atoms with Crippen LogP contribution in [0.3, 0.4) is 0 Å². The Labute approximate surface area is 104 Å². The average Bonchev–Trinajstić information content (AvgIpc) is 2.47. The zero-order chi connectivity index (χ0) is 12.4. The molecular formula is C14H11N3O. The van der Waals surface area contributed by atoms with Crippen molar-refractivity contribution in [2.24, 2.45) is 0 Å². The van der Waals surface area contributed by atoms with Gasteiger partial charge in [0.25, 0.3) is 0 Å². The summed E-state index contributed by atoms with van der Waals surface area (Å²) < 4.78 is 0. The molecule has 0 bridgehead atoms. The summed E-state index contributed by atoms with van der Waals surface area (Å²) in [6.45, 7) is 0. The predicted octanol–water partition coefficient (Wildman–Crippen LogP) is 2.11. The SMILES string of the molecule is OC(c1cnccn1)c1ccnc2ccccc12. The highest BCUT2D eigenvalue weighted by atomic mass is 16.3. The molecule has 1 aromatic carbocycles. The first-order valence-electron chi connectivity index (χ1n) is 5.64. The second-order valence-corrected chi connectivity index (χ2v) is 3.95. The minimum atomic E-state index is -0.786. The molecule has 0 saturated heterocycles.